The van der Waals surface area contributed by atoms with Crippen molar-refractivity contribution in [2.75, 3.05) is 12.4 Å². The molecule has 29 heavy (non-hydrogen) atoms. The maximum Gasteiger partial charge on any atom is 0.188 e. The lowest BCUT2D eigenvalue weighted by atomic mass is 10.2. The SMILES string of the molecule is COc1ccccc1Nc1nc2ccc(Cn3cnc4cc(F)cnc43)cc2s1. The van der Waals surface area contributed by atoms with E-state index in [2.05, 4.69) is 26.3 Å². The highest BCUT2D eigenvalue weighted by Crippen LogP contribution is 2.32. The number of fused-ring (bicyclic) bond motifs is 2. The van der Waals surface area contributed by atoms with E-state index in [0.717, 1.165) is 32.3 Å². The minimum Gasteiger partial charge on any atom is -0.495 e. The van der Waals surface area contributed by atoms with Crippen LogP contribution in [0.25, 0.3) is 21.4 Å². The van der Waals surface area contributed by atoms with Gasteiger partial charge in [0, 0.05) is 6.07 Å². The van der Waals surface area contributed by atoms with Gasteiger partial charge in [-0.2, -0.15) is 0 Å². The maximum atomic E-state index is 13.3. The van der Waals surface area contributed by atoms with Gasteiger partial charge >= 0.3 is 0 Å². The Morgan fingerprint density at radius 3 is 2.90 bits per heavy atom. The van der Waals surface area contributed by atoms with Crippen molar-refractivity contribution in [3.8, 4) is 5.75 Å². The number of imidazole rings is 1. The molecule has 0 spiro atoms. The van der Waals surface area contributed by atoms with Crippen molar-refractivity contribution in [2.24, 2.45) is 0 Å². The van der Waals surface area contributed by atoms with E-state index in [1.54, 1.807) is 24.8 Å². The van der Waals surface area contributed by atoms with Crippen molar-refractivity contribution in [3.05, 3.63) is 72.4 Å². The van der Waals surface area contributed by atoms with Gasteiger partial charge in [0.15, 0.2) is 10.8 Å². The highest BCUT2D eigenvalue weighted by Gasteiger charge is 2.10. The molecule has 2 aromatic carbocycles. The molecule has 0 fully saturated rings. The van der Waals surface area contributed by atoms with E-state index < -0.39 is 0 Å². The van der Waals surface area contributed by atoms with Gasteiger partial charge in [-0.15, -0.1) is 0 Å². The molecule has 0 aliphatic rings. The van der Waals surface area contributed by atoms with E-state index >= 15 is 0 Å². The van der Waals surface area contributed by atoms with Gasteiger partial charge in [-0.1, -0.05) is 29.5 Å². The number of halogens is 1. The van der Waals surface area contributed by atoms with Gasteiger partial charge < -0.3 is 14.6 Å². The van der Waals surface area contributed by atoms with Gasteiger partial charge in [0.2, 0.25) is 0 Å². The Labute approximate surface area is 169 Å². The first kappa shape index (κ1) is 17.6. The lowest BCUT2D eigenvalue weighted by Crippen LogP contribution is -1.99. The number of pyridine rings is 1. The van der Waals surface area contributed by atoms with Crippen LogP contribution in [0.15, 0.2) is 61.1 Å². The summed E-state index contributed by atoms with van der Waals surface area (Å²) in [4.78, 5) is 13.1. The molecule has 3 aromatic heterocycles. The third kappa shape index (κ3) is 3.38. The van der Waals surface area contributed by atoms with Crippen LogP contribution >= 0.6 is 11.3 Å². The molecular formula is C21H16FN5OS. The number of para-hydroxylation sites is 2. The Morgan fingerprint density at radius 2 is 2.00 bits per heavy atom. The van der Waals surface area contributed by atoms with Crippen molar-refractivity contribution in [1.82, 2.24) is 19.5 Å². The van der Waals surface area contributed by atoms with E-state index in [4.69, 9.17) is 4.74 Å². The molecule has 144 valence electrons. The fourth-order valence-corrected chi connectivity index (χ4v) is 4.16. The average Bonchev–Trinajstić information content (AvgIpc) is 3.31. The zero-order chi connectivity index (χ0) is 19.8. The van der Waals surface area contributed by atoms with Crippen LogP contribution in [-0.4, -0.2) is 26.6 Å². The molecule has 0 amide bonds. The summed E-state index contributed by atoms with van der Waals surface area (Å²) in [7, 11) is 1.65. The predicted molar refractivity (Wildman–Crippen MR) is 112 cm³/mol. The first-order valence-corrected chi connectivity index (χ1v) is 9.77. The molecule has 0 aliphatic heterocycles. The van der Waals surface area contributed by atoms with E-state index in [0.29, 0.717) is 17.7 Å². The number of thiazole rings is 1. The van der Waals surface area contributed by atoms with Crippen molar-refractivity contribution >= 4 is 43.5 Å². The van der Waals surface area contributed by atoms with E-state index in [-0.39, 0.29) is 5.82 Å². The number of ether oxygens (including phenoxy) is 1. The van der Waals surface area contributed by atoms with Gasteiger partial charge in [0.25, 0.3) is 0 Å². The highest BCUT2D eigenvalue weighted by atomic mass is 32.1. The van der Waals surface area contributed by atoms with Crippen LogP contribution in [0.1, 0.15) is 5.56 Å². The van der Waals surface area contributed by atoms with Crippen molar-refractivity contribution in [3.63, 3.8) is 0 Å². The summed E-state index contributed by atoms with van der Waals surface area (Å²) in [6.45, 7) is 0.595. The summed E-state index contributed by atoms with van der Waals surface area (Å²) in [5, 5.41) is 4.13. The Kier molecular flexibility index (Phi) is 4.33. The summed E-state index contributed by atoms with van der Waals surface area (Å²) in [6, 6.07) is 15.3. The fraction of sp³-hybridized carbons (Fsp3) is 0.0952. The normalized spacial score (nSPS) is 11.2. The Hall–Kier alpha value is -3.52. The second-order valence-corrected chi connectivity index (χ2v) is 7.55. The first-order chi connectivity index (χ1) is 14.2. The third-order valence-corrected chi connectivity index (χ3v) is 5.51. The number of nitrogens with zero attached hydrogens (tertiary/aromatic N) is 4. The number of hydrogen-bond acceptors (Lipinski definition) is 6. The maximum absolute atomic E-state index is 13.3. The summed E-state index contributed by atoms with van der Waals surface area (Å²) in [6.07, 6.45) is 2.89. The van der Waals surface area contributed by atoms with Crippen LogP contribution in [0.4, 0.5) is 15.2 Å². The summed E-state index contributed by atoms with van der Waals surface area (Å²) >= 11 is 1.58. The number of hydrogen-bond donors (Lipinski definition) is 1. The number of anilines is 2. The molecule has 0 unspecified atom stereocenters. The van der Waals surface area contributed by atoms with Gasteiger partial charge in [0.05, 0.1) is 42.1 Å². The van der Waals surface area contributed by atoms with Gasteiger partial charge in [-0.3, -0.25) is 0 Å². The number of rotatable bonds is 5. The van der Waals surface area contributed by atoms with Gasteiger partial charge in [0.1, 0.15) is 17.1 Å². The molecule has 0 saturated carbocycles. The average molecular weight is 405 g/mol. The molecule has 1 N–H and O–H groups in total. The number of aromatic nitrogens is 4. The van der Waals surface area contributed by atoms with Gasteiger partial charge in [-0.25, -0.2) is 19.3 Å². The minimum absolute atomic E-state index is 0.385. The molecular weight excluding hydrogens is 389 g/mol. The monoisotopic (exact) mass is 405 g/mol. The molecule has 0 saturated heterocycles. The summed E-state index contributed by atoms with van der Waals surface area (Å²) in [5.41, 5.74) is 4.10. The Bertz CT molecular complexity index is 1330. The van der Waals surface area contributed by atoms with Crippen molar-refractivity contribution in [2.45, 2.75) is 6.54 Å². The standard InChI is InChI=1S/C21H16FN5OS/c1-28-18-5-3-2-4-15(18)25-21-26-16-7-6-13(8-19(16)29-21)11-27-12-24-17-9-14(22)10-23-20(17)27/h2-10,12H,11H2,1H3,(H,25,26). The highest BCUT2D eigenvalue weighted by molar-refractivity contribution is 7.22. The molecule has 0 atom stereocenters. The summed E-state index contributed by atoms with van der Waals surface area (Å²) in [5.74, 6) is 0.382. The minimum atomic E-state index is -0.385. The topological polar surface area (TPSA) is 64.9 Å². The number of methoxy groups -OCH3 is 1. The van der Waals surface area contributed by atoms with Crippen LogP contribution in [0.5, 0.6) is 5.75 Å². The third-order valence-electron chi connectivity index (χ3n) is 4.58. The number of benzene rings is 2. The quantitative estimate of drug-likeness (QED) is 0.447. The van der Waals surface area contributed by atoms with Crippen LogP contribution < -0.4 is 10.1 Å². The largest absolute Gasteiger partial charge is 0.495 e. The smallest absolute Gasteiger partial charge is 0.188 e. The van der Waals surface area contributed by atoms with Crippen LogP contribution in [0.3, 0.4) is 0 Å². The molecule has 6 nitrogen and oxygen atoms in total. The lowest BCUT2D eigenvalue weighted by molar-refractivity contribution is 0.417. The van der Waals surface area contributed by atoms with Crippen LogP contribution in [-0.2, 0) is 6.54 Å². The molecule has 0 aliphatic carbocycles. The number of nitrogens with one attached hydrogen (secondary N) is 1. The molecule has 3 heterocycles. The van der Waals surface area contributed by atoms with Crippen molar-refractivity contribution in [1.29, 1.82) is 0 Å². The second kappa shape index (κ2) is 7.14. The molecule has 5 rings (SSSR count). The fourth-order valence-electron chi connectivity index (χ4n) is 3.22. The molecule has 0 bridgehead atoms. The van der Waals surface area contributed by atoms with Gasteiger partial charge in [-0.05, 0) is 29.8 Å². The Morgan fingerprint density at radius 1 is 1.10 bits per heavy atom. The van der Waals surface area contributed by atoms with E-state index in [1.807, 2.05) is 41.0 Å². The lowest BCUT2D eigenvalue weighted by Gasteiger charge is -2.07. The molecule has 5 aromatic rings. The zero-order valence-electron chi connectivity index (χ0n) is 15.5. The van der Waals surface area contributed by atoms with Crippen LogP contribution in [0.2, 0.25) is 0 Å². The first-order valence-electron chi connectivity index (χ1n) is 8.95. The zero-order valence-corrected chi connectivity index (χ0v) is 16.3. The van der Waals surface area contributed by atoms with E-state index in [1.165, 1.54) is 12.3 Å². The van der Waals surface area contributed by atoms with Crippen LogP contribution in [0, 0.1) is 5.82 Å². The Balaban J connectivity index is 1.43. The van der Waals surface area contributed by atoms with E-state index in [9.17, 15) is 4.39 Å². The molecule has 0 radical (unpaired) electrons. The molecule has 8 heteroatoms. The predicted octanol–water partition coefficient (Wildman–Crippen LogP) is 4.98. The van der Waals surface area contributed by atoms with Crippen molar-refractivity contribution < 1.29 is 9.13 Å². The second-order valence-electron chi connectivity index (χ2n) is 6.52. The summed E-state index contributed by atoms with van der Waals surface area (Å²) < 4.78 is 21.7.